The minimum absolute atomic E-state index is 0.228. The molecule has 1 heterocycles. The van der Waals surface area contributed by atoms with Crippen LogP contribution in [0.1, 0.15) is 48.8 Å². The highest BCUT2D eigenvalue weighted by Gasteiger charge is 2.22. The Labute approximate surface area is 154 Å². The normalized spacial score (nSPS) is 12.2. The van der Waals surface area contributed by atoms with E-state index >= 15 is 0 Å². The lowest BCUT2D eigenvalue weighted by molar-refractivity contribution is -0.142. The summed E-state index contributed by atoms with van der Waals surface area (Å²) in [6.07, 6.45) is 0.772. The Kier molecular flexibility index (Phi) is 6.55. The number of aryl methyl sites for hydroxylation is 1. The lowest BCUT2D eigenvalue weighted by Crippen LogP contribution is -2.33. The van der Waals surface area contributed by atoms with Gasteiger partial charge in [0, 0.05) is 18.7 Å². The van der Waals surface area contributed by atoms with Crippen molar-refractivity contribution in [3.63, 3.8) is 0 Å². The first-order valence-corrected chi connectivity index (χ1v) is 8.89. The van der Waals surface area contributed by atoms with Gasteiger partial charge in [-0.25, -0.2) is 4.79 Å². The van der Waals surface area contributed by atoms with Crippen LogP contribution in [-0.2, 0) is 22.6 Å². The number of amides is 1. The molecule has 0 aliphatic heterocycles. The Morgan fingerprint density at radius 3 is 2.42 bits per heavy atom. The van der Waals surface area contributed by atoms with E-state index in [0.717, 1.165) is 23.5 Å². The van der Waals surface area contributed by atoms with E-state index in [1.807, 2.05) is 24.6 Å². The van der Waals surface area contributed by atoms with E-state index in [1.165, 1.54) is 0 Å². The molecule has 26 heavy (non-hydrogen) atoms. The molecule has 6 heteroatoms. The third-order valence-corrected chi connectivity index (χ3v) is 4.36. The van der Waals surface area contributed by atoms with E-state index in [0.29, 0.717) is 17.9 Å². The summed E-state index contributed by atoms with van der Waals surface area (Å²) < 4.78 is 1.98. The first kappa shape index (κ1) is 19.7. The minimum atomic E-state index is -1.07. The number of carboxylic acids is 1. The summed E-state index contributed by atoms with van der Waals surface area (Å²) in [5.74, 6) is -0.857. The van der Waals surface area contributed by atoms with Gasteiger partial charge in [0.1, 0.15) is 0 Å². The summed E-state index contributed by atoms with van der Waals surface area (Å²) in [7, 11) is 0. The van der Waals surface area contributed by atoms with Crippen LogP contribution in [0, 0.1) is 19.8 Å². The minimum Gasteiger partial charge on any atom is -0.479 e. The third kappa shape index (κ3) is 4.94. The molecule has 0 spiro atoms. The number of benzene rings is 1. The van der Waals surface area contributed by atoms with Crippen molar-refractivity contribution in [2.24, 2.45) is 5.92 Å². The van der Waals surface area contributed by atoms with E-state index in [4.69, 9.17) is 0 Å². The van der Waals surface area contributed by atoms with Gasteiger partial charge in [0.25, 0.3) is 0 Å². The molecule has 2 N–H and O–H groups in total. The standard InChI is InChI=1S/C20H27N3O3/c1-13(2)12-23-15(4)17(14(3)22-23)10-11-18(24)21-19(20(25)26)16-8-6-5-7-9-16/h5-9,13,19H,10-12H2,1-4H3,(H,21,24)(H,25,26)/t19-/m0/s1. The molecular formula is C20H27N3O3. The third-order valence-electron chi connectivity index (χ3n) is 4.36. The van der Waals surface area contributed by atoms with E-state index in [1.54, 1.807) is 24.3 Å². The lowest BCUT2D eigenvalue weighted by atomic mass is 10.1. The second-order valence-electron chi connectivity index (χ2n) is 6.97. The Morgan fingerprint density at radius 1 is 1.19 bits per heavy atom. The number of rotatable bonds is 8. The molecule has 0 bridgehead atoms. The van der Waals surface area contributed by atoms with Gasteiger partial charge in [-0.1, -0.05) is 44.2 Å². The average Bonchev–Trinajstić information content (AvgIpc) is 2.84. The molecule has 6 nitrogen and oxygen atoms in total. The quantitative estimate of drug-likeness (QED) is 0.760. The molecule has 0 fully saturated rings. The number of carbonyl (C=O) groups excluding carboxylic acids is 1. The van der Waals surface area contributed by atoms with Gasteiger partial charge in [0.2, 0.25) is 5.91 Å². The van der Waals surface area contributed by atoms with Crippen molar-refractivity contribution >= 4 is 11.9 Å². The summed E-state index contributed by atoms with van der Waals surface area (Å²) in [5, 5.41) is 16.6. The predicted octanol–water partition coefficient (Wildman–Crippen LogP) is 3.03. The average molecular weight is 357 g/mol. The topological polar surface area (TPSA) is 84.2 Å². The fraction of sp³-hybridized carbons (Fsp3) is 0.450. The van der Waals surface area contributed by atoms with E-state index < -0.39 is 12.0 Å². The van der Waals surface area contributed by atoms with Crippen LogP contribution in [-0.4, -0.2) is 26.8 Å². The molecule has 1 aromatic carbocycles. The molecule has 1 amide bonds. The number of carboxylic acid groups (broad SMARTS) is 1. The van der Waals surface area contributed by atoms with Crippen molar-refractivity contribution in [2.45, 2.75) is 53.1 Å². The number of carbonyl (C=O) groups is 2. The van der Waals surface area contributed by atoms with Crippen LogP contribution >= 0.6 is 0 Å². The van der Waals surface area contributed by atoms with Crippen LogP contribution in [0.2, 0.25) is 0 Å². The van der Waals surface area contributed by atoms with Crippen LogP contribution in [0.25, 0.3) is 0 Å². The number of nitrogens with zero attached hydrogens (tertiary/aromatic N) is 2. The zero-order chi connectivity index (χ0) is 19.3. The van der Waals surface area contributed by atoms with Crippen LogP contribution in [0.5, 0.6) is 0 Å². The molecule has 0 saturated heterocycles. The van der Waals surface area contributed by atoms with Crippen LogP contribution in [0.4, 0.5) is 0 Å². The largest absolute Gasteiger partial charge is 0.479 e. The van der Waals surface area contributed by atoms with Gasteiger partial charge in [-0.3, -0.25) is 9.48 Å². The van der Waals surface area contributed by atoms with Gasteiger partial charge in [-0.15, -0.1) is 0 Å². The molecule has 2 aromatic rings. The highest BCUT2D eigenvalue weighted by atomic mass is 16.4. The number of aromatic nitrogens is 2. The molecule has 0 saturated carbocycles. The molecule has 140 valence electrons. The smallest absolute Gasteiger partial charge is 0.330 e. The summed E-state index contributed by atoms with van der Waals surface area (Å²) in [6.45, 7) is 9.08. The summed E-state index contributed by atoms with van der Waals surface area (Å²) >= 11 is 0. The van der Waals surface area contributed by atoms with E-state index in [-0.39, 0.29) is 12.3 Å². The second-order valence-corrected chi connectivity index (χ2v) is 6.97. The Balaban J connectivity index is 2.02. The first-order valence-electron chi connectivity index (χ1n) is 8.89. The summed E-state index contributed by atoms with van der Waals surface area (Å²) in [5.41, 5.74) is 3.62. The molecule has 0 aliphatic carbocycles. The highest BCUT2D eigenvalue weighted by Crippen LogP contribution is 2.17. The predicted molar refractivity (Wildman–Crippen MR) is 99.8 cm³/mol. The highest BCUT2D eigenvalue weighted by molar-refractivity contribution is 5.84. The van der Waals surface area contributed by atoms with Crippen molar-refractivity contribution in [1.29, 1.82) is 0 Å². The monoisotopic (exact) mass is 357 g/mol. The number of hydrogen-bond donors (Lipinski definition) is 2. The Hall–Kier alpha value is -2.63. The summed E-state index contributed by atoms with van der Waals surface area (Å²) in [4.78, 5) is 23.8. The molecule has 0 unspecified atom stereocenters. The lowest BCUT2D eigenvalue weighted by Gasteiger charge is -2.15. The number of nitrogens with one attached hydrogen (secondary N) is 1. The van der Waals surface area contributed by atoms with Gasteiger partial charge in [0.05, 0.1) is 5.69 Å². The molecule has 1 atom stereocenters. The zero-order valence-corrected chi connectivity index (χ0v) is 15.8. The van der Waals surface area contributed by atoms with Crippen molar-refractivity contribution in [3.8, 4) is 0 Å². The van der Waals surface area contributed by atoms with Gasteiger partial charge >= 0.3 is 5.97 Å². The van der Waals surface area contributed by atoms with Crippen LogP contribution in [0.3, 0.4) is 0 Å². The van der Waals surface area contributed by atoms with E-state index in [2.05, 4.69) is 24.3 Å². The zero-order valence-electron chi connectivity index (χ0n) is 15.8. The molecule has 1 aromatic heterocycles. The second kappa shape index (κ2) is 8.65. The first-order chi connectivity index (χ1) is 12.3. The van der Waals surface area contributed by atoms with Crippen molar-refractivity contribution in [2.75, 3.05) is 0 Å². The van der Waals surface area contributed by atoms with Gasteiger partial charge in [0.15, 0.2) is 6.04 Å². The van der Waals surface area contributed by atoms with Gasteiger partial charge in [-0.2, -0.15) is 5.10 Å². The van der Waals surface area contributed by atoms with Crippen LogP contribution < -0.4 is 5.32 Å². The SMILES string of the molecule is Cc1nn(CC(C)C)c(C)c1CCC(=O)N[C@H](C(=O)O)c1ccccc1. The van der Waals surface area contributed by atoms with Crippen molar-refractivity contribution < 1.29 is 14.7 Å². The maximum atomic E-state index is 12.3. The van der Waals surface area contributed by atoms with Crippen molar-refractivity contribution in [3.05, 3.63) is 52.8 Å². The Bertz CT molecular complexity index is 766. The Morgan fingerprint density at radius 2 is 1.85 bits per heavy atom. The maximum Gasteiger partial charge on any atom is 0.330 e. The maximum absolute atomic E-state index is 12.3. The van der Waals surface area contributed by atoms with Gasteiger partial charge < -0.3 is 10.4 Å². The fourth-order valence-electron chi connectivity index (χ4n) is 3.02. The molecule has 0 radical (unpaired) electrons. The van der Waals surface area contributed by atoms with Crippen molar-refractivity contribution in [1.82, 2.24) is 15.1 Å². The number of aliphatic carboxylic acids is 1. The molecular weight excluding hydrogens is 330 g/mol. The van der Waals surface area contributed by atoms with E-state index in [9.17, 15) is 14.7 Å². The van der Waals surface area contributed by atoms with Crippen LogP contribution in [0.15, 0.2) is 30.3 Å². The van der Waals surface area contributed by atoms with Gasteiger partial charge in [-0.05, 0) is 37.3 Å². The molecule has 2 rings (SSSR count). The number of hydrogen-bond acceptors (Lipinski definition) is 3. The summed E-state index contributed by atoms with van der Waals surface area (Å²) in [6, 6.07) is 7.69. The fourth-order valence-corrected chi connectivity index (χ4v) is 3.02. The molecule has 0 aliphatic rings.